The highest BCUT2D eigenvalue weighted by molar-refractivity contribution is 5.97. The smallest absolute Gasteiger partial charge is 0.253 e. The van der Waals surface area contributed by atoms with E-state index in [2.05, 4.69) is 15.3 Å². The summed E-state index contributed by atoms with van der Waals surface area (Å²) in [7, 11) is 0. The number of benzene rings is 1. The van der Waals surface area contributed by atoms with E-state index in [-0.39, 0.29) is 41.6 Å². The third-order valence-corrected chi connectivity index (χ3v) is 6.10. The molecule has 3 heterocycles. The van der Waals surface area contributed by atoms with Crippen LogP contribution in [0.1, 0.15) is 50.4 Å². The molecule has 2 N–H and O–H groups in total. The standard InChI is InChI=1S/C22H29N5O3/c1-22(2,3)27-12-15(11-19(27)28)20(29)25-16-6-8-26(9-7-16)21(30)14-4-5-17-18(10-14)24-13-23-17/h4-5,10,13,15-16H,6-9,11-12H2,1-3H3,(H,23,24)(H,25,29). The second kappa shape index (κ2) is 7.74. The maximum atomic E-state index is 12.8. The number of carbonyl (C=O) groups is 3. The predicted octanol–water partition coefficient (Wildman–Crippen LogP) is 1.93. The SMILES string of the molecule is CC(C)(C)N1CC(C(=O)NC2CCN(C(=O)c3ccc4nc[nH]c4c3)CC2)CC1=O. The van der Waals surface area contributed by atoms with Crippen LogP contribution in [0.2, 0.25) is 0 Å². The molecule has 8 nitrogen and oxygen atoms in total. The van der Waals surface area contributed by atoms with Crippen LogP contribution >= 0.6 is 0 Å². The maximum Gasteiger partial charge on any atom is 0.253 e. The van der Waals surface area contributed by atoms with E-state index in [4.69, 9.17) is 0 Å². The molecule has 8 heteroatoms. The first-order chi connectivity index (χ1) is 14.2. The van der Waals surface area contributed by atoms with Gasteiger partial charge in [0.15, 0.2) is 0 Å². The molecule has 30 heavy (non-hydrogen) atoms. The number of piperidine rings is 1. The molecule has 4 rings (SSSR count). The van der Waals surface area contributed by atoms with Gasteiger partial charge in [-0.15, -0.1) is 0 Å². The van der Waals surface area contributed by atoms with Crippen molar-refractivity contribution in [2.75, 3.05) is 19.6 Å². The molecule has 1 aromatic carbocycles. The van der Waals surface area contributed by atoms with Gasteiger partial charge in [-0.1, -0.05) is 0 Å². The third-order valence-electron chi connectivity index (χ3n) is 6.10. The monoisotopic (exact) mass is 411 g/mol. The van der Waals surface area contributed by atoms with Gasteiger partial charge in [-0.2, -0.15) is 0 Å². The molecule has 2 fully saturated rings. The number of carbonyl (C=O) groups excluding carboxylic acids is 3. The predicted molar refractivity (Wildman–Crippen MR) is 113 cm³/mol. The van der Waals surface area contributed by atoms with Crippen molar-refractivity contribution >= 4 is 28.8 Å². The topological polar surface area (TPSA) is 98.4 Å². The van der Waals surface area contributed by atoms with Gasteiger partial charge < -0.3 is 20.1 Å². The van der Waals surface area contributed by atoms with Gasteiger partial charge in [-0.3, -0.25) is 14.4 Å². The fourth-order valence-electron chi connectivity index (χ4n) is 4.33. The Morgan fingerprint density at radius 2 is 1.93 bits per heavy atom. The number of fused-ring (bicyclic) bond motifs is 1. The molecule has 2 aliphatic heterocycles. The van der Waals surface area contributed by atoms with Crippen molar-refractivity contribution < 1.29 is 14.4 Å². The highest BCUT2D eigenvalue weighted by Crippen LogP contribution is 2.26. The minimum Gasteiger partial charge on any atom is -0.353 e. The van der Waals surface area contributed by atoms with Crippen LogP contribution in [0, 0.1) is 5.92 Å². The van der Waals surface area contributed by atoms with Crippen LogP contribution in [0.15, 0.2) is 24.5 Å². The second-order valence-corrected chi connectivity index (χ2v) is 9.29. The molecule has 2 aromatic rings. The van der Waals surface area contributed by atoms with Gasteiger partial charge in [0, 0.05) is 43.2 Å². The molecule has 3 amide bonds. The summed E-state index contributed by atoms with van der Waals surface area (Å²) in [5, 5.41) is 3.10. The molecule has 1 unspecified atom stereocenters. The lowest BCUT2D eigenvalue weighted by Gasteiger charge is -2.33. The van der Waals surface area contributed by atoms with Gasteiger partial charge in [-0.05, 0) is 51.8 Å². The number of hydrogen-bond donors (Lipinski definition) is 2. The Balaban J connectivity index is 1.30. The van der Waals surface area contributed by atoms with Crippen molar-refractivity contribution in [3.05, 3.63) is 30.1 Å². The van der Waals surface area contributed by atoms with E-state index in [1.54, 1.807) is 17.3 Å². The molecule has 1 atom stereocenters. The fourth-order valence-corrected chi connectivity index (χ4v) is 4.33. The number of aromatic amines is 1. The number of nitrogens with one attached hydrogen (secondary N) is 2. The van der Waals surface area contributed by atoms with E-state index in [0.29, 0.717) is 38.0 Å². The Hall–Kier alpha value is -2.90. The summed E-state index contributed by atoms with van der Waals surface area (Å²) in [6.07, 6.45) is 3.32. The van der Waals surface area contributed by atoms with E-state index in [1.165, 1.54) is 0 Å². The Kier molecular flexibility index (Phi) is 5.26. The number of nitrogens with zero attached hydrogens (tertiary/aromatic N) is 3. The molecular weight excluding hydrogens is 382 g/mol. The molecule has 0 radical (unpaired) electrons. The Morgan fingerprint density at radius 3 is 2.60 bits per heavy atom. The van der Waals surface area contributed by atoms with Crippen LogP contribution in [0.3, 0.4) is 0 Å². The molecule has 160 valence electrons. The van der Waals surface area contributed by atoms with Crippen molar-refractivity contribution in [1.82, 2.24) is 25.1 Å². The molecule has 2 saturated heterocycles. The molecule has 2 aliphatic rings. The van der Waals surface area contributed by atoms with Crippen LogP contribution in [0.4, 0.5) is 0 Å². The van der Waals surface area contributed by atoms with E-state index in [9.17, 15) is 14.4 Å². The molecule has 0 aliphatic carbocycles. The second-order valence-electron chi connectivity index (χ2n) is 9.29. The number of imidazole rings is 1. The number of amides is 3. The largest absolute Gasteiger partial charge is 0.353 e. The van der Waals surface area contributed by atoms with Gasteiger partial charge in [0.05, 0.1) is 23.3 Å². The highest BCUT2D eigenvalue weighted by atomic mass is 16.2. The first-order valence-corrected chi connectivity index (χ1v) is 10.6. The fraction of sp³-hybridized carbons (Fsp3) is 0.545. The van der Waals surface area contributed by atoms with E-state index < -0.39 is 0 Å². The average molecular weight is 412 g/mol. The highest BCUT2D eigenvalue weighted by Gasteiger charge is 2.40. The van der Waals surface area contributed by atoms with E-state index in [0.717, 1.165) is 11.0 Å². The normalized spacial score (nSPS) is 20.8. The van der Waals surface area contributed by atoms with Crippen LogP contribution in [0.25, 0.3) is 11.0 Å². The number of aromatic nitrogens is 2. The molecule has 0 spiro atoms. The van der Waals surface area contributed by atoms with Gasteiger partial charge in [0.25, 0.3) is 5.91 Å². The lowest BCUT2D eigenvalue weighted by atomic mass is 10.0. The summed E-state index contributed by atoms with van der Waals surface area (Å²) in [5.41, 5.74) is 2.06. The average Bonchev–Trinajstić information content (AvgIpc) is 3.33. The first kappa shape index (κ1) is 20.4. The number of H-pyrrole nitrogens is 1. The zero-order valence-corrected chi connectivity index (χ0v) is 17.8. The maximum absolute atomic E-state index is 12.8. The van der Waals surface area contributed by atoms with Crippen molar-refractivity contribution in [2.45, 2.75) is 51.6 Å². The number of rotatable bonds is 3. The first-order valence-electron chi connectivity index (χ1n) is 10.6. The van der Waals surface area contributed by atoms with Crippen molar-refractivity contribution in [2.24, 2.45) is 5.92 Å². The van der Waals surface area contributed by atoms with Crippen molar-refractivity contribution in [3.8, 4) is 0 Å². The van der Waals surface area contributed by atoms with Crippen LogP contribution in [0.5, 0.6) is 0 Å². The van der Waals surface area contributed by atoms with Gasteiger partial charge in [-0.25, -0.2) is 4.98 Å². The lowest BCUT2D eigenvalue weighted by Crippen LogP contribution is -2.48. The summed E-state index contributed by atoms with van der Waals surface area (Å²) in [6, 6.07) is 5.51. The minimum atomic E-state index is -0.294. The van der Waals surface area contributed by atoms with Gasteiger partial charge in [0.2, 0.25) is 11.8 Å². The lowest BCUT2D eigenvalue weighted by molar-refractivity contribution is -0.132. The molecule has 0 saturated carbocycles. The summed E-state index contributed by atoms with van der Waals surface area (Å²) < 4.78 is 0. The summed E-state index contributed by atoms with van der Waals surface area (Å²) in [4.78, 5) is 48.6. The molecular formula is C22H29N5O3. The molecule has 0 bridgehead atoms. The van der Waals surface area contributed by atoms with Crippen molar-refractivity contribution in [3.63, 3.8) is 0 Å². The zero-order valence-electron chi connectivity index (χ0n) is 17.8. The summed E-state index contributed by atoms with van der Waals surface area (Å²) in [6.45, 7) is 7.64. The van der Waals surface area contributed by atoms with E-state index >= 15 is 0 Å². The van der Waals surface area contributed by atoms with Crippen molar-refractivity contribution in [1.29, 1.82) is 0 Å². The minimum absolute atomic E-state index is 0.00140. The quantitative estimate of drug-likeness (QED) is 0.806. The summed E-state index contributed by atoms with van der Waals surface area (Å²) >= 11 is 0. The van der Waals surface area contributed by atoms with E-state index in [1.807, 2.05) is 37.8 Å². The van der Waals surface area contributed by atoms with Crippen LogP contribution < -0.4 is 5.32 Å². The van der Waals surface area contributed by atoms with Crippen LogP contribution in [-0.2, 0) is 9.59 Å². The number of likely N-dealkylation sites (tertiary alicyclic amines) is 2. The van der Waals surface area contributed by atoms with Gasteiger partial charge >= 0.3 is 0 Å². The zero-order chi connectivity index (χ0) is 21.5. The Labute approximate surface area is 176 Å². The van der Waals surface area contributed by atoms with Crippen LogP contribution in [-0.4, -0.2) is 68.7 Å². The molecule has 1 aromatic heterocycles. The van der Waals surface area contributed by atoms with Gasteiger partial charge in [0.1, 0.15) is 0 Å². The Morgan fingerprint density at radius 1 is 1.20 bits per heavy atom. The Bertz CT molecular complexity index is 969. The third kappa shape index (κ3) is 4.04. The summed E-state index contributed by atoms with van der Waals surface area (Å²) in [5.74, 6) is -0.308. The number of hydrogen-bond acceptors (Lipinski definition) is 4.